The monoisotopic (exact) mass is 466 g/mol. The van der Waals surface area contributed by atoms with E-state index in [1.807, 2.05) is 41.3 Å². The van der Waals surface area contributed by atoms with E-state index in [9.17, 15) is 4.79 Å². The van der Waals surface area contributed by atoms with Gasteiger partial charge in [-0.3, -0.25) is 9.78 Å². The second-order valence-electron chi connectivity index (χ2n) is 9.62. The molecule has 4 aromatic rings. The molecule has 0 saturated carbocycles. The Labute approximate surface area is 205 Å². The molecule has 7 heteroatoms. The number of aromatic amines is 1. The fraction of sp³-hybridized carbons (Fsp3) is 0.357. The summed E-state index contributed by atoms with van der Waals surface area (Å²) in [4.78, 5) is 34.7. The largest absolute Gasteiger partial charge is 0.351 e. The Bertz CT molecular complexity index is 1320. The van der Waals surface area contributed by atoms with Crippen molar-refractivity contribution in [1.82, 2.24) is 29.7 Å². The number of carbonyl (C=O) groups is 1. The van der Waals surface area contributed by atoms with Crippen LogP contribution in [0.15, 0.2) is 60.9 Å². The third-order valence-electron chi connectivity index (χ3n) is 7.32. The van der Waals surface area contributed by atoms with Crippen LogP contribution in [0.2, 0.25) is 0 Å². The van der Waals surface area contributed by atoms with Crippen molar-refractivity contribution in [2.24, 2.45) is 0 Å². The van der Waals surface area contributed by atoms with Crippen LogP contribution in [0.3, 0.4) is 0 Å². The van der Waals surface area contributed by atoms with Gasteiger partial charge in [0.05, 0.1) is 11.4 Å². The zero-order chi connectivity index (χ0) is 23.6. The fourth-order valence-electron chi connectivity index (χ4n) is 5.44. The Hall–Kier alpha value is -3.58. The maximum absolute atomic E-state index is 13.2. The second kappa shape index (κ2) is 9.58. The molecule has 0 unspecified atom stereocenters. The number of pyridine rings is 1. The van der Waals surface area contributed by atoms with Crippen LogP contribution in [0, 0.1) is 0 Å². The summed E-state index contributed by atoms with van der Waals surface area (Å²) in [6.07, 6.45) is 8.96. The van der Waals surface area contributed by atoms with E-state index in [0.717, 1.165) is 59.6 Å². The van der Waals surface area contributed by atoms with E-state index in [4.69, 9.17) is 4.98 Å². The summed E-state index contributed by atoms with van der Waals surface area (Å²) in [5.41, 5.74) is 4.42. The third kappa shape index (κ3) is 4.68. The van der Waals surface area contributed by atoms with Crippen molar-refractivity contribution in [2.45, 2.75) is 38.1 Å². The van der Waals surface area contributed by atoms with Gasteiger partial charge in [-0.05, 0) is 80.7 Å². The number of piperidine rings is 1. The molecule has 2 saturated heterocycles. The van der Waals surface area contributed by atoms with E-state index in [1.54, 1.807) is 12.4 Å². The fourth-order valence-corrected chi connectivity index (χ4v) is 5.44. The van der Waals surface area contributed by atoms with E-state index >= 15 is 0 Å². The molecular weight excluding hydrogens is 436 g/mol. The molecule has 1 amide bonds. The van der Waals surface area contributed by atoms with E-state index in [0.29, 0.717) is 18.2 Å². The molecule has 7 nitrogen and oxygen atoms in total. The molecule has 0 aliphatic carbocycles. The summed E-state index contributed by atoms with van der Waals surface area (Å²) in [6.45, 7) is 4.12. The van der Waals surface area contributed by atoms with Crippen LogP contribution in [0.25, 0.3) is 22.3 Å². The topological polar surface area (TPSA) is 78.0 Å². The lowest BCUT2D eigenvalue weighted by atomic mass is 10.0. The molecule has 6 rings (SSSR count). The molecule has 0 atom stereocenters. The van der Waals surface area contributed by atoms with Crippen molar-refractivity contribution < 1.29 is 4.79 Å². The molecule has 178 valence electrons. The Morgan fingerprint density at radius 3 is 2.57 bits per heavy atom. The summed E-state index contributed by atoms with van der Waals surface area (Å²) in [5.74, 6) is 0.856. The van der Waals surface area contributed by atoms with Gasteiger partial charge in [-0.1, -0.05) is 12.1 Å². The van der Waals surface area contributed by atoms with Gasteiger partial charge in [0.25, 0.3) is 5.91 Å². The Morgan fingerprint density at radius 1 is 0.914 bits per heavy atom. The van der Waals surface area contributed by atoms with Crippen LogP contribution in [0.1, 0.15) is 47.6 Å². The minimum Gasteiger partial charge on any atom is -0.351 e. The number of likely N-dealkylation sites (tertiary alicyclic amines) is 2. The van der Waals surface area contributed by atoms with Crippen LogP contribution in [0.5, 0.6) is 0 Å². The minimum atomic E-state index is 0.106. The van der Waals surface area contributed by atoms with Gasteiger partial charge >= 0.3 is 0 Å². The third-order valence-corrected chi connectivity index (χ3v) is 7.32. The molecule has 2 aliphatic heterocycles. The quantitative estimate of drug-likeness (QED) is 0.474. The summed E-state index contributed by atoms with van der Waals surface area (Å²) < 4.78 is 0. The zero-order valence-corrected chi connectivity index (χ0v) is 19.9. The van der Waals surface area contributed by atoms with E-state index in [2.05, 4.69) is 32.0 Å². The number of H-pyrrole nitrogens is 1. The first-order chi connectivity index (χ1) is 17.2. The normalized spacial score (nSPS) is 17.3. The molecule has 5 heterocycles. The van der Waals surface area contributed by atoms with Crippen molar-refractivity contribution in [3.63, 3.8) is 0 Å². The number of carbonyl (C=O) groups excluding carboxylic acids is 1. The number of amides is 1. The van der Waals surface area contributed by atoms with Gasteiger partial charge in [0, 0.05) is 48.8 Å². The highest BCUT2D eigenvalue weighted by Crippen LogP contribution is 2.24. The Kier molecular flexibility index (Phi) is 6.00. The van der Waals surface area contributed by atoms with E-state index in [-0.39, 0.29) is 5.91 Å². The van der Waals surface area contributed by atoms with Crippen LogP contribution >= 0.6 is 0 Å². The number of benzene rings is 1. The second-order valence-corrected chi connectivity index (χ2v) is 9.62. The predicted molar refractivity (Wildman–Crippen MR) is 136 cm³/mol. The summed E-state index contributed by atoms with van der Waals surface area (Å²) in [7, 11) is 0. The smallest absolute Gasteiger partial charge is 0.270 e. The number of fused-ring (bicyclic) bond motifs is 1. The molecule has 1 N–H and O–H groups in total. The molecule has 2 fully saturated rings. The van der Waals surface area contributed by atoms with Gasteiger partial charge in [-0.2, -0.15) is 0 Å². The first-order valence-electron chi connectivity index (χ1n) is 12.6. The van der Waals surface area contributed by atoms with Gasteiger partial charge in [-0.25, -0.2) is 9.97 Å². The minimum absolute atomic E-state index is 0.106. The molecule has 3 aromatic heterocycles. The van der Waals surface area contributed by atoms with E-state index < -0.39 is 0 Å². The SMILES string of the molecule is O=C(c1cc2cc(Cc3nccc(-c4ccccn4)n3)ccc2[nH]1)N1CCC(N2CCCC2)CC1. The van der Waals surface area contributed by atoms with Crippen molar-refractivity contribution in [3.05, 3.63) is 78.0 Å². The highest BCUT2D eigenvalue weighted by atomic mass is 16.2. The van der Waals surface area contributed by atoms with Crippen molar-refractivity contribution in [2.75, 3.05) is 26.2 Å². The molecule has 0 spiro atoms. The van der Waals surface area contributed by atoms with Gasteiger partial charge < -0.3 is 14.8 Å². The number of rotatable bonds is 5. The maximum atomic E-state index is 13.2. The van der Waals surface area contributed by atoms with Crippen LogP contribution in [-0.2, 0) is 6.42 Å². The average molecular weight is 467 g/mol. The maximum Gasteiger partial charge on any atom is 0.270 e. The number of aromatic nitrogens is 4. The van der Waals surface area contributed by atoms with Gasteiger partial charge in [-0.15, -0.1) is 0 Å². The summed E-state index contributed by atoms with van der Waals surface area (Å²) in [5, 5.41) is 1.04. The Morgan fingerprint density at radius 2 is 1.77 bits per heavy atom. The highest BCUT2D eigenvalue weighted by Gasteiger charge is 2.29. The van der Waals surface area contributed by atoms with E-state index in [1.165, 1.54) is 25.9 Å². The number of hydrogen-bond donors (Lipinski definition) is 1. The van der Waals surface area contributed by atoms with Crippen LogP contribution in [-0.4, -0.2) is 67.9 Å². The van der Waals surface area contributed by atoms with Gasteiger partial charge in [0.2, 0.25) is 0 Å². The number of nitrogens with one attached hydrogen (secondary N) is 1. The standard InChI is InChI=1S/C28H30N6O/c35-28(34-15-9-22(10-16-34)33-13-3-4-14-33)26-19-21-17-20(6-7-23(21)31-26)18-27-30-12-8-25(32-27)24-5-1-2-11-29-24/h1-2,5-8,11-12,17,19,22,31H,3-4,9-10,13-16,18H2. The first kappa shape index (κ1) is 21.9. The predicted octanol–water partition coefficient (Wildman–Crippen LogP) is 4.31. The molecular formula is C28H30N6O. The number of nitrogens with zero attached hydrogens (tertiary/aromatic N) is 5. The number of hydrogen-bond acceptors (Lipinski definition) is 5. The lowest BCUT2D eigenvalue weighted by Crippen LogP contribution is -2.46. The zero-order valence-electron chi connectivity index (χ0n) is 19.9. The first-order valence-corrected chi connectivity index (χ1v) is 12.6. The molecule has 0 bridgehead atoms. The lowest BCUT2D eigenvalue weighted by molar-refractivity contribution is 0.0639. The molecule has 2 aliphatic rings. The molecule has 35 heavy (non-hydrogen) atoms. The average Bonchev–Trinajstić information content (AvgIpc) is 3.59. The lowest BCUT2D eigenvalue weighted by Gasteiger charge is -2.36. The highest BCUT2D eigenvalue weighted by molar-refractivity contribution is 5.98. The van der Waals surface area contributed by atoms with Crippen LogP contribution < -0.4 is 0 Å². The van der Waals surface area contributed by atoms with Crippen molar-refractivity contribution in [3.8, 4) is 11.4 Å². The Balaban J connectivity index is 1.14. The van der Waals surface area contributed by atoms with Crippen molar-refractivity contribution >= 4 is 16.8 Å². The van der Waals surface area contributed by atoms with Gasteiger partial charge in [0.15, 0.2) is 0 Å². The molecule has 1 aromatic carbocycles. The molecule has 0 radical (unpaired) electrons. The van der Waals surface area contributed by atoms with Crippen molar-refractivity contribution in [1.29, 1.82) is 0 Å². The van der Waals surface area contributed by atoms with Crippen LogP contribution in [0.4, 0.5) is 0 Å². The van der Waals surface area contributed by atoms with Gasteiger partial charge in [0.1, 0.15) is 11.5 Å². The summed E-state index contributed by atoms with van der Waals surface area (Å²) >= 11 is 0. The summed E-state index contributed by atoms with van der Waals surface area (Å²) in [6, 6.07) is 16.6.